The Morgan fingerprint density at radius 3 is 2.34 bits per heavy atom. The zero-order valence-corrected chi connectivity index (χ0v) is 22.6. The van der Waals surface area contributed by atoms with Gasteiger partial charge in [-0.2, -0.15) is 0 Å². The van der Waals surface area contributed by atoms with Gasteiger partial charge < -0.3 is 21.3 Å². The number of halogens is 1. The zero-order chi connectivity index (χ0) is 27.4. The molecule has 2 heterocycles. The lowest BCUT2D eigenvalue weighted by molar-refractivity contribution is 0.0852. The standard InChI is InChI=1S/C28H33ClN6O3/c1-18-12-14-34(15-13-18)16-28(2,3)33-27(38)24-23(25(30)36)31-17-35(24)20-10-8-19(9-11-20)32-26(37)21-6-4-5-7-22(21)29/h4-11,17-18H,12-16H2,1-3H3,(H2,30,36)(H,32,37)(H,33,38). The van der Waals surface area contributed by atoms with Crippen molar-refractivity contribution in [2.24, 2.45) is 11.7 Å². The van der Waals surface area contributed by atoms with E-state index in [2.05, 4.69) is 27.4 Å². The highest BCUT2D eigenvalue weighted by atomic mass is 35.5. The van der Waals surface area contributed by atoms with Gasteiger partial charge in [0.25, 0.3) is 17.7 Å². The third-order valence-electron chi connectivity index (χ3n) is 6.68. The summed E-state index contributed by atoms with van der Waals surface area (Å²) in [7, 11) is 0. The molecule has 10 heteroatoms. The van der Waals surface area contributed by atoms with E-state index < -0.39 is 17.4 Å². The fraction of sp³-hybridized carbons (Fsp3) is 0.357. The van der Waals surface area contributed by atoms with Crippen LogP contribution >= 0.6 is 11.6 Å². The first-order valence-corrected chi connectivity index (χ1v) is 13.0. The van der Waals surface area contributed by atoms with Gasteiger partial charge in [-0.15, -0.1) is 0 Å². The molecule has 1 aliphatic heterocycles. The first-order valence-electron chi connectivity index (χ1n) is 12.6. The number of hydrogen-bond acceptors (Lipinski definition) is 5. The molecule has 200 valence electrons. The van der Waals surface area contributed by atoms with Gasteiger partial charge in [0.15, 0.2) is 5.69 Å². The van der Waals surface area contributed by atoms with Crippen LogP contribution in [0.2, 0.25) is 5.02 Å². The summed E-state index contributed by atoms with van der Waals surface area (Å²) in [4.78, 5) is 44.6. The van der Waals surface area contributed by atoms with E-state index in [9.17, 15) is 14.4 Å². The molecule has 0 saturated carbocycles. The van der Waals surface area contributed by atoms with Crippen LogP contribution in [-0.4, -0.2) is 57.3 Å². The number of amides is 3. The van der Waals surface area contributed by atoms with Gasteiger partial charge >= 0.3 is 0 Å². The van der Waals surface area contributed by atoms with E-state index >= 15 is 0 Å². The Morgan fingerprint density at radius 1 is 1.05 bits per heavy atom. The molecule has 0 bridgehead atoms. The van der Waals surface area contributed by atoms with Crippen LogP contribution in [0.1, 0.15) is 64.9 Å². The Balaban J connectivity index is 1.52. The summed E-state index contributed by atoms with van der Waals surface area (Å²) in [5.74, 6) is -0.858. The van der Waals surface area contributed by atoms with Gasteiger partial charge in [0.05, 0.1) is 10.6 Å². The molecule has 38 heavy (non-hydrogen) atoms. The molecule has 1 saturated heterocycles. The SMILES string of the molecule is CC1CCN(CC(C)(C)NC(=O)c2c(C(N)=O)ncn2-c2ccc(NC(=O)c3ccccc3Cl)cc2)CC1. The lowest BCUT2D eigenvalue weighted by Gasteiger charge is -2.37. The van der Waals surface area contributed by atoms with Crippen LogP contribution in [0.15, 0.2) is 54.9 Å². The molecule has 4 rings (SSSR count). The molecule has 1 aliphatic rings. The number of aromatic nitrogens is 2. The highest BCUT2D eigenvalue weighted by Crippen LogP contribution is 2.22. The quantitative estimate of drug-likeness (QED) is 0.400. The van der Waals surface area contributed by atoms with Gasteiger partial charge in [0, 0.05) is 23.5 Å². The lowest BCUT2D eigenvalue weighted by atomic mass is 9.96. The molecule has 4 N–H and O–H groups in total. The molecule has 1 fully saturated rings. The number of imidazole rings is 1. The topological polar surface area (TPSA) is 122 Å². The number of rotatable bonds is 8. The molecule has 9 nitrogen and oxygen atoms in total. The smallest absolute Gasteiger partial charge is 0.271 e. The highest BCUT2D eigenvalue weighted by molar-refractivity contribution is 6.34. The largest absolute Gasteiger partial charge is 0.364 e. The molecule has 0 spiro atoms. The van der Waals surface area contributed by atoms with Crippen molar-refractivity contribution in [1.29, 1.82) is 0 Å². The molecular weight excluding hydrogens is 504 g/mol. The van der Waals surface area contributed by atoms with E-state index in [1.807, 2.05) is 13.8 Å². The fourth-order valence-corrected chi connectivity index (χ4v) is 4.90. The molecule has 2 aromatic carbocycles. The Bertz CT molecular complexity index is 1330. The van der Waals surface area contributed by atoms with Gasteiger partial charge in [-0.1, -0.05) is 30.7 Å². The normalized spacial score (nSPS) is 14.7. The van der Waals surface area contributed by atoms with E-state index in [0.29, 0.717) is 34.4 Å². The maximum atomic E-state index is 13.5. The van der Waals surface area contributed by atoms with Crippen LogP contribution in [0.5, 0.6) is 0 Å². The van der Waals surface area contributed by atoms with Crippen LogP contribution < -0.4 is 16.4 Å². The Kier molecular flexibility index (Phi) is 8.18. The number of nitrogens with one attached hydrogen (secondary N) is 2. The first kappa shape index (κ1) is 27.3. The van der Waals surface area contributed by atoms with Crippen molar-refractivity contribution >= 4 is 35.0 Å². The van der Waals surface area contributed by atoms with Gasteiger partial charge in [-0.25, -0.2) is 4.98 Å². The number of carbonyl (C=O) groups is 3. The molecule has 0 radical (unpaired) electrons. The van der Waals surface area contributed by atoms with E-state index in [1.54, 1.807) is 48.5 Å². The van der Waals surface area contributed by atoms with E-state index in [1.165, 1.54) is 10.9 Å². The predicted octanol–water partition coefficient (Wildman–Crippen LogP) is 4.12. The van der Waals surface area contributed by atoms with Crippen molar-refractivity contribution in [3.05, 3.63) is 76.8 Å². The number of nitrogens with two attached hydrogens (primary N) is 1. The van der Waals surface area contributed by atoms with Crippen LogP contribution in [0.4, 0.5) is 5.69 Å². The van der Waals surface area contributed by atoms with Crippen LogP contribution in [0.25, 0.3) is 5.69 Å². The summed E-state index contributed by atoms with van der Waals surface area (Å²) in [5.41, 5.74) is 6.44. The van der Waals surface area contributed by atoms with Gasteiger partial charge in [-0.05, 0) is 82.1 Å². The Hall–Kier alpha value is -3.69. The summed E-state index contributed by atoms with van der Waals surface area (Å²) in [6, 6.07) is 13.6. The average molecular weight is 537 g/mol. The minimum atomic E-state index is -0.791. The third kappa shape index (κ3) is 6.41. The number of anilines is 1. The summed E-state index contributed by atoms with van der Waals surface area (Å²) in [6.45, 7) is 8.85. The number of carbonyl (C=O) groups excluding carboxylic acids is 3. The number of piperidine rings is 1. The zero-order valence-electron chi connectivity index (χ0n) is 21.8. The number of primary amides is 1. The van der Waals surface area contributed by atoms with Crippen molar-refractivity contribution < 1.29 is 14.4 Å². The molecule has 0 unspecified atom stereocenters. The van der Waals surface area contributed by atoms with Gasteiger partial charge in [0.2, 0.25) is 0 Å². The number of hydrogen-bond donors (Lipinski definition) is 3. The minimum Gasteiger partial charge on any atom is -0.364 e. The van der Waals surface area contributed by atoms with E-state index in [-0.39, 0.29) is 17.3 Å². The number of likely N-dealkylation sites (tertiary alicyclic amines) is 1. The summed E-state index contributed by atoms with van der Waals surface area (Å²) < 4.78 is 1.52. The second-order valence-electron chi connectivity index (χ2n) is 10.5. The first-order chi connectivity index (χ1) is 18.0. The monoisotopic (exact) mass is 536 g/mol. The van der Waals surface area contributed by atoms with E-state index in [4.69, 9.17) is 17.3 Å². The molecule has 1 aromatic heterocycles. The summed E-state index contributed by atoms with van der Waals surface area (Å²) in [5, 5.41) is 6.22. The summed E-state index contributed by atoms with van der Waals surface area (Å²) in [6.07, 6.45) is 3.67. The minimum absolute atomic E-state index is 0.0608. The predicted molar refractivity (Wildman–Crippen MR) is 148 cm³/mol. The van der Waals surface area contributed by atoms with Gasteiger partial charge in [-0.3, -0.25) is 19.0 Å². The summed E-state index contributed by atoms with van der Waals surface area (Å²) >= 11 is 6.12. The molecule has 0 atom stereocenters. The highest BCUT2D eigenvalue weighted by Gasteiger charge is 2.30. The maximum Gasteiger partial charge on any atom is 0.271 e. The van der Waals surface area contributed by atoms with Crippen molar-refractivity contribution in [2.45, 2.75) is 39.2 Å². The van der Waals surface area contributed by atoms with E-state index in [0.717, 1.165) is 25.9 Å². The number of benzene rings is 2. The van der Waals surface area contributed by atoms with Crippen molar-refractivity contribution in [1.82, 2.24) is 19.8 Å². The van der Waals surface area contributed by atoms with Crippen LogP contribution in [0.3, 0.4) is 0 Å². The Labute approximate surface area is 227 Å². The third-order valence-corrected chi connectivity index (χ3v) is 7.01. The molecule has 3 aromatic rings. The second kappa shape index (κ2) is 11.4. The lowest BCUT2D eigenvalue weighted by Crippen LogP contribution is -2.53. The Morgan fingerprint density at radius 2 is 1.71 bits per heavy atom. The van der Waals surface area contributed by atoms with Crippen LogP contribution in [0, 0.1) is 5.92 Å². The molecule has 3 amide bonds. The van der Waals surface area contributed by atoms with Crippen molar-refractivity contribution in [2.75, 3.05) is 25.0 Å². The fourth-order valence-electron chi connectivity index (χ4n) is 4.68. The average Bonchev–Trinajstić information content (AvgIpc) is 3.32. The maximum absolute atomic E-state index is 13.5. The molecular formula is C28H33ClN6O3. The van der Waals surface area contributed by atoms with Crippen LogP contribution in [-0.2, 0) is 0 Å². The van der Waals surface area contributed by atoms with Gasteiger partial charge in [0.1, 0.15) is 12.0 Å². The number of nitrogens with zero attached hydrogens (tertiary/aromatic N) is 3. The molecule has 0 aliphatic carbocycles. The second-order valence-corrected chi connectivity index (χ2v) is 10.9. The van der Waals surface area contributed by atoms with Crippen molar-refractivity contribution in [3.8, 4) is 5.69 Å². The van der Waals surface area contributed by atoms with Crippen molar-refractivity contribution in [3.63, 3.8) is 0 Å².